The largest absolute Gasteiger partial charge is 0.493 e. The number of hydrogen-bond acceptors (Lipinski definition) is 5. The number of rotatable bonds is 6. The van der Waals surface area contributed by atoms with Gasteiger partial charge in [-0.1, -0.05) is 6.07 Å². The van der Waals surface area contributed by atoms with Gasteiger partial charge in [0.05, 0.1) is 32.5 Å². The van der Waals surface area contributed by atoms with Crippen LogP contribution in [-0.2, 0) is 0 Å². The highest BCUT2D eigenvalue weighted by Gasteiger charge is 2.20. The van der Waals surface area contributed by atoms with Gasteiger partial charge in [-0.15, -0.1) is 0 Å². The van der Waals surface area contributed by atoms with Gasteiger partial charge in [0.25, 0.3) is 5.91 Å². The molecule has 2 aromatic carbocycles. The van der Waals surface area contributed by atoms with Gasteiger partial charge in [0.2, 0.25) is 0 Å². The van der Waals surface area contributed by atoms with Crippen LogP contribution in [0.1, 0.15) is 61.0 Å². The Morgan fingerprint density at radius 2 is 1.77 bits per heavy atom. The van der Waals surface area contributed by atoms with E-state index in [1.807, 2.05) is 31.2 Å². The molecule has 0 spiro atoms. The van der Waals surface area contributed by atoms with Crippen LogP contribution in [0.5, 0.6) is 23.0 Å². The van der Waals surface area contributed by atoms with Crippen molar-refractivity contribution in [1.82, 2.24) is 5.32 Å². The summed E-state index contributed by atoms with van der Waals surface area (Å²) in [6.45, 7) is 3.24. The fraction of sp³-hybridized carbons (Fsp3) is 0.458. The second-order valence-corrected chi connectivity index (χ2v) is 7.84. The Bertz CT molecular complexity index is 891. The van der Waals surface area contributed by atoms with Crippen molar-refractivity contribution >= 4 is 5.91 Å². The highest BCUT2D eigenvalue weighted by molar-refractivity contribution is 5.95. The summed E-state index contributed by atoms with van der Waals surface area (Å²) in [6.07, 6.45) is 5.63. The van der Waals surface area contributed by atoms with E-state index in [1.54, 1.807) is 19.2 Å². The molecule has 1 aliphatic heterocycles. The van der Waals surface area contributed by atoms with Gasteiger partial charge in [0.15, 0.2) is 23.0 Å². The van der Waals surface area contributed by atoms with Crippen molar-refractivity contribution in [2.24, 2.45) is 0 Å². The van der Waals surface area contributed by atoms with Gasteiger partial charge in [0, 0.05) is 12.0 Å². The first-order chi connectivity index (χ1) is 14.6. The van der Waals surface area contributed by atoms with E-state index < -0.39 is 0 Å². The molecule has 6 heteroatoms. The van der Waals surface area contributed by atoms with E-state index in [1.165, 1.54) is 12.8 Å². The van der Waals surface area contributed by atoms with Crippen molar-refractivity contribution in [3.8, 4) is 23.0 Å². The Morgan fingerprint density at radius 1 is 1.00 bits per heavy atom. The van der Waals surface area contributed by atoms with Crippen LogP contribution in [0.15, 0.2) is 36.4 Å². The quantitative estimate of drug-likeness (QED) is 0.748. The number of nitrogens with one attached hydrogen (secondary N) is 1. The van der Waals surface area contributed by atoms with Crippen molar-refractivity contribution in [3.05, 3.63) is 47.5 Å². The third kappa shape index (κ3) is 4.64. The number of methoxy groups -OCH3 is 1. The van der Waals surface area contributed by atoms with Crippen molar-refractivity contribution in [1.29, 1.82) is 0 Å². The molecule has 1 unspecified atom stereocenters. The van der Waals surface area contributed by atoms with Crippen LogP contribution in [0, 0.1) is 0 Å². The molecule has 30 heavy (non-hydrogen) atoms. The number of carbonyl (C=O) groups is 1. The predicted molar refractivity (Wildman–Crippen MR) is 114 cm³/mol. The lowest BCUT2D eigenvalue weighted by Gasteiger charge is -2.18. The normalized spacial score (nSPS) is 17.1. The molecule has 1 fully saturated rings. The minimum atomic E-state index is -0.185. The van der Waals surface area contributed by atoms with Gasteiger partial charge < -0.3 is 24.3 Å². The molecule has 2 aromatic rings. The molecule has 1 aliphatic carbocycles. The summed E-state index contributed by atoms with van der Waals surface area (Å²) in [5.41, 5.74) is 1.49. The Labute approximate surface area is 177 Å². The molecular formula is C24H29NO5. The van der Waals surface area contributed by atoms with Crippen molar-refractivity contribution in [3.63, 3.8) is 0 Å². The van der Waals surface area contributed by atoms with Crippen LogP contribution in [0.3, 0.4) is 0 Å². The number of ether oxygens (including phenoxy) is 4. The standard InChI is InChI=1S/C24H29NO5/c1-16(17-8-10-20-23(14-17)29-13-5-12-28-20)25-24(26)18-9-11-21(22(15-18)27-2)30-19-6-3-4-7-19/h8-11,14-16,19H,3-7,12-13H2,1-2H3,(H,25,26). The van der Waals surface area contributed by atoms with Gasteiger partial charge >= 0.3 is 0 Å². The second-order valence-electron chi connectivity index (χ2n) is 7.84. The summed E-state index contributed by atoms with van der Waals surface area (Å²) in [7, 11) is 1.60. The van der Waals surface area contributed by atoms with Crippen LogP contribution in [0.25, 0.3) is 0 Å². The van der Waals surface area contributed by atoms with Crippen LogP contribution >= 0.6 is 0 Å². The maximum absolute atomic E-state index is 12.8. The summed E-state index contributed by atoms with van der Waals surface area (Å²) < 4.78 is 23.0. The summed E-state index contributed by atoms with van der Waals surface area (Å²) in [4.78, 5) is 12.8. The number of amides is 1. The Morgan fingerprint density at radius 3 is 2.53 bits per heavy atom. The van der Waals surface area contributed by atoms with Gasteiger partial charge in [0.1, 0.15) is 0 Å². The first kappa shape index (κ1) is 20.4. The van der Waals surface area contributed by atoms with Crippen molar-refractivity contribution in [2.75, 3.05) is 20.3 Å². The lowest BCUT2D eigenvalue weighted by atomic mass is 10.1. The van der Waals surface area contributed by atoms with E-state index in [4.69, 9.17) is 18.9 Å². The number of carbonyl (C=O) groups excluding carboxylic acids is 1. The summed E-state index contributed by atoms with van der Waals surface area (Å²) in [5, 5.41) is 3.05. The zero-order valence-corrected chi connectivity index (χ0v) is 17.6. The predicted octanol–water partition coefficient (Wildman–Crippen LogP) is 4.67. The number of benzene rings is 2. The minimum absolute atomic E-state index is 0.166. The molecule has 160 valence electrons. The van der Waals surface area contributed by atoms with Gasteiger partial charge in [-0.05, 0) is 68.5 Å². The molecule has 2 aliphatic rings. The van der Waals surface area contributed by atoms with Crippen molar-refractivity contribution < 1.29 is 23.7 Å². The van der Waals surface area contributed by atoms with Crippen LogP contribution < -0.4 is 24.3 Å². The molecule has 1 heterocycles. The van der Waals surface area contributed by atoms with E-state index >= 15 is 0 Å². The Balaban J connectivity index is 1.44. The van der Waals surface area contributed by atoms with Crippen LogP contribution in [-0.4, -0.2) is 32.3 Å². The average Bonchev–Trinajstić information content (AvgIpc) is 3.16. The first-order valence-electron chi connectivity index (χ1n) is 10.7. The molecule has 0 radical (unpaired) electrons. The lowest BCUT2D eigenvalue weighted by Crippen LogP contribution is -2.26. The van der Waals surface area contributed by atoms with E-state index in [0.29, 0.717) is 30.3 Å². The molecule has 0 aromatic heterocycles. The highest BCUT2D eigenvalue weighted by atomic mass is 16.5. The number of hydrogen-bond donors (Lipinski definition) is 1. The third-order valence-corrected chi connectivity index (χ3v) is 5.64. The molecule has 0 bridgehead atoms. The second kappa shape index (κ2) is 9.28. The average molecular weight is 411 g/mol. The lowest BCUT2D eigenvalue weighted by molar-refractivity contribution is 0.0939. The highest BCUT2D eigenvalue weighted by Crippen LogP contribution is 2.34. The van der Waals surface area contributed by atoms with Gasteiger partial charge in [-0.2, -0.15) is 0 Å². The van der Waals surface area contributed by atoms with Crippen LogP contribution in [0.4, 0.5) is 0 Å². The van der Waals surface area contributed by atoms with Crippen molar-refractivity contribution in [2.45, 2.75) is 51.2 Å². The summed E-state index contributed by atoms with van der Waals surface area (Å²) >= 11 is 0. The Kier molecular flexibility index (Phi) is 6.31. The maximum Gasteiger partial charge on any atom is 0.251 e. The smallest absolute Gasteiger partial charge is 0.251 e. The molecule has 0 saturated heterocycles. The van der Waals surface area contributed by atoms with Gasteiger partial charge in [-0.25, -0.2) is 0 Å². The minimum Gasteiger partial charge on any atom is -0.493 e. The van der Waals surface area contributed by atoms with E-state index in [2.05, 4.69) is 5.32 Å². The monoisotopic (exact) mass is 411 g/mol. The fourth-order valence-electron chi connectivity index (χ4n) is 3.90. The summed E-state index contributed by atoms with van der Waals surface area (Å²) in [6, 6.07) is 10.9. The number of fused-ring (bicyclic) bond motifs is 1. The molecule has 4 rings (SSSR count). The Hall–Kier alpha value is -2.89. The summed E-state index contributed by atoms with van der Waals surface area (Å²) in [5.74, 6) is 2.58. The molecule has 1 amide bonds. The topological polar surface area (TPSA) is 66.0 Å². The third-order valence-electron chi connectivity index (χ3n) is 5.64. The first-order valence-corrected chi connectivity index (χ1v) is 10.7. The SMILES string of the molecule is COc1cc(C(=O)NC(C)c2ccc3c(c2)OCCCO3)ccc1OC1CCCC1. The molecule has 1 saturated carbocycles. The van der Waals surface area contributed by atoms with E-state index in [9.17, 15) is 4.79 Å². The molecular weight excluding hydrogens is 382 g/mol. The van der Waals surface area contributed by atoms with Crippen LogP contribution in [0.2, 0.25) is 0 Å². The van der Waals surface area contributed by atoms with Gasteiger partial charge in [-0.3, -0.25) is 4.79 Å². The molecule has 6 nitrogen and oxygen atoms in total. The van der Waals surface area contributed by atoms with E-state index in [-0.39, 0.29) is 18.1 Å². The van der Waals surface area contributed by atoms with E-state index in [0.717, 1.165) is 36.3 Å². The maximum atomic E-state index is 12.8. The fourth-order valence-corrected chi connectivity index (χ4v) is 3.90. The zero-order valence-electron chi connectivity index (χ0n) is 17.6. The zero-order chi connectivity index (χ0) is 20.9. The molecule has 1 N–H and O–H groups in total. The molecule has 1 atom stereocenters.